The molecule has 0 amide bonds. The van der Waals surface area contributed by atoms with Crippen molar-refractivity contribution < 1.29 is 5.11 Å². The molecule has 1 aromatic heterocycles. The average Bonchev–Trinajstić information content (AvgIpc) is 2.78. The van der Waals surface area contributed by atoms with Crippen LogP contribution in [-0.2, 0) is 0 Å². The second-order valence-electron chi connectivity index (χ2n) is 6.27. The zero-order valence-electron chi connectivity index (χ0n) is 15.3. The molecule has 0 radical (unpaired) electrons. The highest BCUT2D eigenvalue weighted by Gasteiger charge is 2.17. The zero-order chi connectivity index (χ0) is 21.1. The van der Waals surface area contributed by atoms with Crippen molar-refractivity contribution in [2.75, 3.05) is 0 Å². The van der Waals surface area contributed by atoms with Crippen LogP contribution in [0.25, 0.3) is 34.2 Å². The van der Waals surface area contributed by atoms with Crippen molar-refractivity contribution in [2.45, 2.75) is 0 Å². The lowest BCUT2D eigenvalue weighted by Gasteiger charge is -2.10. The molecule has 0 atom stereocenters. The van der Waals surface area contributed by atoms with E-state index in [1.54, 1.807) is 60.7 Å². The van der Waals surface area contributed by atoms with Gasteiger partial charge in [-0.25, -0.2) is 15.0 Å². The molecule has 0 saturated heterocycles. The summed E-state index contributed by atoms with van der Waals surface area (Å²) >= 11 is 3.39. The van der Waals surface area contributed by atoms with Crippen LogP contribution in [0.3, 0.4) is 0 Å². The van der Waals surface area contributed by atoms with E-state index in [2.05, 4.69) is 42.1 Å². The van der Waals surface area contributed by atoms with Gasteiger partial charge in [0.2, 0.25) is 0 Å². The number of aromatic hydroxyl groups is 1. The fraction of sp³-hybridized carbons (Fsp3) is 0. The predicted octanol–water partition coefficient (Wildman–Crippen LogP) is 5.61. The summed E-state index contributed by atoms with van der Waals surface area (Å²) in [4.78, 5) is 24.8. The van der Waals surface area contributed by atoms with E-state index in [-0.39, 0.29) is 28.9 Å². The van der Waals surface area contributed by atoms with Gasteiger partial charge in [-0.15, -0.1) is 4.91 Å². The maximum atomic E-state index is 11.3. The van der Waals surface area contributed by atoms with Crippen LogP contribution in [0.4, 0.5) is 5.69 Å². The standard InChI is InChI=1S/C22H12BrN5O2/c23-15-10-13(12-24)9-14(11-15)20-25-21(16-5-1-3-7-18(16)28-30)27-22(26-20)17-6-2-4-8-19(17)29/h1-11,29H. The van der Waals surface area contributed by atoms with Crippen LogP contribution in [0.15, 0.2) is 76.4 Å². The van der Waals surface area contributed by atoms with Gasteiger partial charge in [-0.3, -0.25) is 0 Å². The summed E-state index contributed by atoms with van der Waals surface area (Å²) in [5, 5.41) is 22.7. The molecular weight excluding hydrogens is 446 g/mol. The van der Waals surface area contributed by atoms with E-state index in [0.29, 0.717) is 26.7 Å². The van der Waals surface area contributed by atoms with Gasteiger partial charge in [-0.2, -0.15) is 5.26 Å². The first-order chi connectivity index (χ1) is 14.6. The van der Waals surface area contributed by atoms with Crippen molar-refractivity contribution in [1.82, 2.24) is 15.0 Å². The SMILES string of the molecule is N#Cc1cc(Br)cc(-c2nc(-c3ccccc3O)nc(-c3ccccc3N=O)n2)c1. The number of halogens is 1. The van der Waals surface area contributed by atoms with Crippen molar-refractivity contribution >= 4 is 21.6 Å². The number of phenolic OH excluding ortho intramolecular Hbond substituents is 1. The third kappa shape index (κ3) is 3.79. The maximum Gasteiger partial charge on any atom is 0.167 e. The lowest BCUT2D eigenvalue weighted by atomic mass is 10.1. The second-order valence-corrected chi connectivity index (χ2v) is 7.19. The number of benzene rings is 3. The minimum Gasteiger partial charge on any atom is -0.507 e. The van der Waals surface area contributed by atoms with E-state index in [0.717, 1.165) is 0 Å². The van der Waals surface area contributed by atoms with Crippen molar-refractivity contribution in [2.24, 2.45) is 5.18 Å². The van der Waals surface area contributed by atoms with Gasteiger partial charge in [0.05, 0.1) is 17.2 Å². The monoisotopic (exact) mass is 457 g/mol. The molecule has 0 unspecified atom stereocenters. The topological polar surface area (TPSA) is 112 Å². The first-order valence-electron chi connectivity index (χ1n) is 8.77. The van der Waals surface area contributed by atoms with E-state index in [1.807, 2.05) is 0 Å². The minimum atomic E-state index is 0.00866. The molecule has 0 aliphatic rings. The highest BCUT2D eigenvalue weighted by atomic mass is 79.9. The van der Waals surface area contributed by atoms with Crippen LogP contribution in [0, 0.1) is 16.2 Å². The summed E-state index contributed by atoms with van der Waals surface area (Å²) in [7, 11) is 0. The summed E-state index contributed by atoms with van der Waals surface area (Å²) < 4.78 is 0.692. The summed E-state index contributed by atoms with van der Waals surface area (Å²) in [5.41, 5.74) is 2.04. The smallest absolute Gasteiger partial charge is 0.167 e. The molecule has 3 aromatic carbocycles. The highest BCUT2D eigenvalue weighted by molar-refractivity contribution is 9.10. The molecular formula is C22H12BrN5O2. The predicted molar refractivity (Wildman–Crippen MR) is 116 cm³/mol. The molecule has 4 rings (SSSR count). The summed E-state index contributed by atoms with van der Waals surface area (Å²) in [6.07, 6.45) is 0. The second kappa shape index (κ2) is 8.19. The number of rotatable bonds is 4. The van der Waals surface area contributed by atoms with E-state index < -0.39 is 0 Å². The van der Waals surface area contributed by atoms with Crippen molar-refractivity contribution in [3.05, 3.63) is 81.7 Å². The molecule has 4 aromatic rings. The Morgan fingerprint density at radius 1 is 0.867 bits per heavy atom. The molecule has 1 heterocycles. The highest BCUT2D eigenvalue weighted by Crippen LogP contribution is 2.33. The van der Waals surface area contributed by atoms with E-state index in [1.165, 1.54) is 6.07 Å². The summed E-state index contributed by atoms with van der Waals surface area (Å²) in [6, 6.07) is 20.6. The van der Waals surface area contributed by atoms with Gasteiger partial charge in [-0.05, 0) is 47.6 Å². The van der Waals surface area contributed by atoms with Gasteiger partial charge < -0.3 is 5.11 Å². The molecule has 8 heteroatoms. The molecule has 144 valence electrons. The molecule has 7 nitrogen and oxygen atoms in total. The van der Waals surface area contributed by atoms with Crippen LogP contribution < -0.4 is 0 Å². The fourth-order valence-corrected chi connectivity index (χ4v) is 3.43. The number of hydrogen-bond acceptors (Lipinski definition) is 7. The minimum absolute atomic E-state index is 0.00866. The van der Waals surface area contributed by atoms with Gasteiger partial charge in [-0.1, -0.05) is 40.2 Å². The Morgan fingerprint density at radius 3 is 2.20 bits per heavy atom. The molecule has 0 aliphatic carbocycles. The molecule has 0 saturated carbocycles. The fourth-order valence-electron chi connectivity index (χ4n) is 2.93. The number of para-hydroxylation sites is 1. The zero-order valence-corrected chi connectivity index (χ0v) is 16.9. The summed E-state index contributed by atoms with van der Waals surface area (Å²) in [6.45, 7) is 0. The molecule has 1 N–H and O–H groups in total. The van der Waals surface area contributed by atoms with Gasteiger partial charge in [0.1, 0.15) is 11.4 Å². The Morgan fingerprint density at radius 2 is 1.50 bits per heavy atom. The number of hydrogen-bond donors (Lipinski definition) is 1. The van der Waals surface area contributed by atoms with Crippen molar-refractivity contribution in [1.29, 1.82) is 5.26 Å². The van der Waals surface area contributed by atoms with Crippen LogP contribution in [0.2, 0.25) is 0 Å². The molecule has 0 fully saturated rings. The Balaban J connectivity index is 2.01. The van der Waals surface area contributed by atoms with E-state index in [4.69, 9.17) is 0 Å². The first-order valence-corrected chi connectivity index (χ1v) is 9.56. The normalized spacial score (nSPS) is 10.4. The number of nitroso groups, excluding NO2 is 1. The maximum absolute atomic E-state index is 11.3. The summed E-state index contributed by atoms with van der Waals surface area (Å²) in [5.74, 6) is 0.755. The van der Waals surface area contributed by atoms with E-state index >= 15 is 0 Å². The Kier molecular flexibility index (Phi) is 5.28. The number of phenols is 1. The van der Waals surface area contributed by atoms with Gasteiger partial charge in [0.15, 0.2) is 17.5 Å². The molecule has 0 aliphatic heterocycles. The van der Waals surface area contributed by atoms with Crippen LogP contribution in [0.5, 0.6) is 5.75 Å². The number of aromatic nitrogens is 3. The van der Waals surface area contributed by atoms with Crippen molar-refractivity contribution in [3.8, 4) is 46.0 Å². The quantitative estimate of drug-likeness (QED) is 0.398. The molecule has 30 heavy (non-hydrogen) atoms. The number of nitrogens with zero attached hydrogens (tertiary/aromatic N) is 5. The Hall–Kier alpha value is -3.96. The molecule has 0 bridgehead atoms. The first kappa shape index (κ1) is 19.4. The van der Waals surface area contributed by atoms with Gasteiger partial charge >= 0.3 is 0 Å². The largest absolute Gasteiger partial charge is 0.507 e. The third-order valence-electron chi connectivity index (χ3n) is 4.31. The Bertz CT molecular complexity index is 1320. The third-order valence-corrected chi connectivity index (χ3v) is 4.77. The Labute approximate surface area is 179 Å². The lowest BCUT2D eigenvalue weighted by Crippen LogP contribution is -2.00. The van der Waals surface area contributed by atoms with Crippen LogP contribution >= 0.6 is 15.9 Å². The van der Waals surface area contributed by atoms with Gasteiger partial charge in [0.25, 0.3) is 0 Å². The van der Waals surface area contributed by atoms with Crippen LogP contribution in [0.1, 0.15) is 5.56 Å². The van der Waals surface area contributed by atoms with Crippen molar-refractivity contribution in [3.63, 3.8) is 0 Å². The lowest BCUT2D eigenvalue weighted by molar-refractivity contribution is 0.477. The van der Waals surface area contributed by atoms with Crippen LogP contribution in [-0.4, -0.2) is 20.1 Å². The van der Waals surface area contributed by atoms with Gasteiger partial charge in [0, 0.05) is 15.6 Å². The van der Waals surface area contributed by atoms with E-state index in [9.17, 15) is 15.3 Å². The number of nitriles is 1. The molecule has 0 spiro atoms. The average molecular weight is 458 g/mol.